The zero-order chi connectivity index (χ0) is 14.5. The average Bonchev–Trinajstić information content (AvgIpc) is 3.00. The first-order valence-electron chi connectivity index (χ1n) is 6.92. The smallest absolute Gasteiger partial charge is 0.244 e. The predicted molar refractivity (Wildman–Crippen MR) is 78.4 cm³/mol. The van der Waals surface area contributed by atoms with Crippen molar-refractivity contribution in [3.8, 4) is 11.5 Å². The molecule has 1 saturated heterocycles. The molecule has 1 amide bonds. The molecule has 1 N–H and O–H groups in total. The lowest BCUT2D eigenvalue weighted by molar-refractivity contribution is -0.130. The highest BCUT2D eigenvalue weighted by Gasteiger charge is 2.23. The lowest BCUT2D eigenvalue weighted by Crippen LogP contribution is -2.39. The first-order chi connectivity index (χ1) is 9.63. The molecule has 5 nitrogen and oxygen atoms in total. The standard InChI is InChI=1S/C15H22N2O3/c1-11(15(18)17-6-4-5-7-17)16-12-8-13(19-2)10-14(9-12)20-3/h8-11,16H,4-7H2,1-3H3/t11-/m1/s1. The number of hydrogen-bond acceptors (Lipinski definition) is 4. The molecule has 110 valence electrons. The van der Waals surface area contributed by atoms with Gasteiger partial charge in [0.05, 0.1) is 14.2 Å². The summed E-state index contributed by atoms with van der Waals surface area (Å²) in [5, 5.41) is 3.22. The maximum Gasteiger partial charge on any atom is 0.244 e. The number of methoxy groups -OCH3 is 2. The van der Waals surface area contributed by atoms with Crippen LogP contribution in [0, 0.1) is 0 Å². The van der Waals surface area contributed by atoms with Crippen molar-refractivity contribution in [2.24, 2.45) is 0 Å². The molecule has 0 aromatic heterocycles. The summed E-state index contributed by atoms with van der Waals surface area (Å²) in [5.41, 5.74) is 0.821. The molecular weight excluding hydrogens is 256 g/mol. The van der Waals surface area contributed by atoms with Gasteiger partial charge in [-0.15, -0.1) is 0 Å². The second-order valence-electron chi connectivity index (χ2n) is 5.00. The van der Waals surface area contributed by atoms with Crippen LogP contribution in [0.5, 0.6) is 11.5 Å². The molecule has 2 rings (SSSR count). The third kappa shape index (κ3) is 3.35. The van der Waals surface area contributed by atoms with Crippen LogP contribution in [0.1, 0.15) is 19.8 Å². The molecule has 5 heteroatoms. The van der Waals surface area contributed by atoms with Gasteiger partial charge in [-0.25, -0.2) is 0 Å². The molecule has 0 spiro atoms. The Balaban J connectivity index is 2.06. The minimum absolute atomic E-state index is 0.143. The zero-order valence-electron chi connectivity index (χ0n) is 12.3. The van der Waals surface area contributed by atoms with Crippen molar-refractivity contribution in [3.63, 3.8) is 0 Å². The van der Waals surface area contributed by atoms with Crippen molar-refractivity contribution in [1.29, 1.82) is 0 Å². The molecule has 0 radical (unpaired) electrons. The minimum Gasteiger partial charge on any atom is -0.497 e. The van der Waals surface area contributed by atoms with Crippen LogP contribution in [0.3, 0.4) is 0 Å². The quantitative estimate of drug-likeness (QED) is 0.896. The Morgan fingerprint density at radius 3 is 2.20 bits per heavy atom. The lowest BCUT2D eigenvalue weighted by Gasteiger charge is -2.22. The van der Waals surface area contributed by atoms with Gasteiger partial charge in [0.1, 0.15) is 17.5 Å². The Morgan fingerprint density at radius 2 is 1.70 bits per heavy atom. The molecular formula is C15H22N2O3. The van der Waals surface area contributed by atoms with Crippen LogP contribution in [0.25, 0.3) is 0 Å². The summed E-state index contributed by atoms with van der Waals surface area (Å²) in [5.74, 6) is 1.55. The normalized spacial score (nSPS) is 15.8. The van der Waals surface area contributed by atoms with Gasteiger partial charge in [-0.1, -0.05) is 0 Å². The second-order valence-corrected chi connectivity index (χ2v) is 5.00. The van der Waals surface area contributed by atoms with Crippen LogP contribution >= 0.6 is 0 Å². The van der Waals surface area contributed by atoms with Crippen molar-refractivity contribution in [2.75, 3.05) is 32.6 Å². The molecule has 0 unspecified atom stereocenters. The first-order valence-corrected chi connectivity index (χ1v) is 6.92. The summed E-state index contributed by atoms with van der Waals surface area (Å²) >= 11 is 0. The van der Waals surface area contributed by atoms with Crippen molar-refractivity contribution in [3.05, 3.63) is 18.2 Å². The van der Waals surface area contributed by atoms with E-state index in [1.165, 1.54) is 0 Å². The fourth-order valence-corrected chi connectivity index (χ4v) is 2.41. The summed E-state index contributed by atoms with van der Waals surface area (Å²) in [6.45, 7) is 3.62. The number of carbonyl (C=O) groups is 1. The van der Waals surface area contributed by atoms with Crippen LogP contribution in [-0.4, -0.2) is 44.2 Å². The van der Waals surface area contributed by atoms with Crippen LogP contribution in [0.4, 0.5) is 5.69 Å². The summed E-state index contributed by atoms with van der Waals surface area (Å²) in [6.07, 6.45) is 2.21. The van der Waals surface area contributed by atoms with E-state index in [4.69, 9.17) is 9.47 Å². The topological polar surface area (TPSA) is 50.8 Å². The van der Waals surface area contributed by atoms with Gasteiger partial charge in [0.2, 0.25) is 5.91 Å². The van der Waals surface area contributed by atoms with Gasteiger partial charge in [0.15, 0.2) is 0 Å². The molecule has 0 saturated carbocycles. The third-order valence-corrected chi connectivity index (χ3v) is 3.52. The Morgan fingerprint density at radius 1 is 1.15 bits per heavy atom. The molecule has 1 fully saturated rings. The molecule has 1 aliphatic rings. The van der Waals surface area contributed by atoms with E-state index in [-0.39, 0.29) is 11.9 Å². The molecule has 0 aliphatic carbocycles. The van der Waals surface area contributed by atoms with Gasteiger partial charge in [0.25, 0.3) is 0 Å². The molecule has 1 aromatic carbocycles. The van der Waals surface area contributed by atoms with E-state index >= 15 is 0 Å². The van der Waals surface area contributed by atoms with E-state index in [2.05, 4.69) is 5.32 Å². The Bertz CT molecular complexity index is 448. The van der Waals surface area contributed by atoms with Crippen molar-refractivity contribution in [2.45, 2.75) is 25.8 Å². The Labute approximate surface area is 119 Å². The van der Waals surface area contributed by atoms with E-state index in [0.29, 0.717) is 11.5 Å². The average molecular weight is 278 g/mol. The van der Waals surface area contributed by atoms with Crippen molar-refractivity contribution < 1.29 is 14.3 Å². The van der Waals surface area contributed by atoms with E-state index in [0.717, 1.165) is 31.6 Å². The fraction of sp³-hybridized carbons (Fsp3) is 0.533. The number of likely N-dealkylation sites (tertiary alicyclic amines) is 1. The molecule has 20 heavy (non-hydrogen) atoms. The highest BCUT2D eigenvalue weighted by molar-refractivity contribution is 5.84. The number of benzene rings is 1. The van der Waals surface area contributed by atoms with Crippen LogP contribution in [0.2, 0.25) is 0 Å². The number of nitrogens with zero attached hydrogens (tertiary/aromatic N) is 1. The highest BCUT2D eigenvalue weighted by atomic mass is 16.5. The second kappa shape index (κ2) is 6.50. The van der Waals surface area contributed by atoms with Gasteiger partial charge in [-0.05, 0) is 19.8 Å². The Hall–Kier alpha value is -1.91. The van der Waals surface area contributed by atoms with Crippen LogP contribution < -0.4 is 14.8 Å². The lowest BCUT2D eigenvalue weighted by atomic mass is 10.2. The van der Waals surface area contributed by atoms with Crippen LogP contribution in [0.15, 0.2) is 18.2 Å². The van der Waals surface area contributed by atoms with Crippen molar-refractivity contribution >= 4 is 11.6 Å². The maximum absolute atomic E-state index is 12.3. The number of nitrogens with one attached hydrogen (secondary N) is 1. The summed E-state index contributed by atoms with van der Waals surface area (Å²) in [7, 11) is 3.22. The zero-order valence-corrected chi connectivity index (χ0v) is 12.3. The number of hydrogen-bond donors (Lipinski definition) is 1. The number of ether oxygens (including phenoxy) is 2. The molecule has 1 aliphatic heterocycles. The van der Waals surface area contributed by atoms with Crippen molar-refractivity contribution in [1.82, 2.24) is 4.90 Å². The molecule has 0 bridgehead atoms. The van der Waals surface area contributed by atoms with E-state index in [1.54, 1.807) is 20.3 Å². The Kier molecular flexibility index (Phi) is 4.71. The first kappa shape index (κ1) is 14.5. The molecule has 1 atom stereocenters. The van der Waals surface area contributed by atoms with Gasteiger partial charge in [-0.2, -0.15) is 0 Å². The summed E-state index contributed by atoms with van der Waals surface area (Å²) < 4.78 is 10.4. The number of rotatable bonds is 5. The monoisotopic (exact) mass is 278 g/mol. The maximum atomic E-state index is 12.3. The van der Waals surface area contributed by atoms with Gasteiger partial charge in [0, 0.05) is 37.0 Å². The predicted octanol–water partition coefficient (Wildman–Crippen LogP) is 2.13. The highest BCUT2D eigenvalue weighted by Crippen LogP contribution is 2.26. The number of anilines is 1. The SMILES string of the molecule is COc1cc(N[C@H](C)C(=O)N2CCCC2)cc(OC)c1. The van der Waals surface area contributed by atoms with E-state index in [1.807, 2.05) is 24.0 Å². The van der Waals surface area contributed by atoms with Gasteiger partial charge in [-0.3, -0.25) is 4.79 Å². The third-order valence-electron chi connectivity index (χ3n) is 3.52. The van der Waals surface area contributed by atoms with Gasteiger partial charge < -0.3 is 19.7 Å². The van der Waals surface area contributed by atoms with Crippen LogP contribution in [-0.2, 0) is 4.79 Å². The molecule has 1 heterocycles. The summed E-state index contributed by atoms with van der Waals surface area (Å²) in [4.78, 5) is 14.2. The number of amides is 1. The number of carbonyl (C=O) groups excluding carboxylic acids is 1. The minimum atomic E-state index is -0.259. The molecule has 1 aromatic rings. The fourth-order valence-electron chi connectivity index (χ4n) is 2.41. The van der Waals surface area contributed by atoms with E-state index in [9.17, 15) is 4.79 Å². The van der Waals surface area contributed by atoms with E-state index < -0.39 is 0 Å². The van der Waals surface area contributed by atoms with Gasteiger partial charge >= 0.3 is 0 Å². The largest absolute Gasteiger partial charge is 0.497 e. The summed E-state index contributed by atoms with van der Waals surface area (Å²) in [6, 6.07) is 5.26.